The molecule has 1 aromatic heterocycles. The van der Waals surface area contributed by atoms with E-state index in [-0.39, 0.29) is 11.6 Å². The minimum atomic E-state index is -1.06. The molecule has 1 N–H and O–H groups in total. The van der Waals surface area contributed by atoms with Crippen LogP contribution in [0.3, 0.4) is 0 Å². The van der Waals surface area contributed by atoms with Crippen molar-refractivity contribution in [3.63, 3.8) is 0 Å². The normalized spacial score (nSPS) is 10.5. The molecule has 0 unspecified atom stereocenters. The summed E-state index contributed by atoms with van der Waals surface area (Å²) in [6.45, 7) is 4.19. The van der Waals surface area contributed by atoms with Crippen molar-refractivity contribution in [3.8, 4) is 11.8 Å². The van der Waals surface area contributed by atoms with Crippen LogP contribution < -0.4 is 4.74 Å². The summed E-state index contributed by atoms with van der Waals surface area (Å²) >= 11 is 0. The van der Waals surface area contributed by atoms with E-state index in [9.17, 15) is 4.79 Å². The number of aromatic carboxylic acids is 1. The molecule has 2 aromatic rings. The lowest BCUT2D eigenvalue weighted by Crippen LogP contribution is -2.00. The Morgan fingerprint density at radius 3 is 2.53 bits per heavy atom. The van der Waals surface area contributed by atoms with E-state index in [2.05, 4.69) is 23.8 Å². The molecule has 0 radical (unpaired) electrons. The molecule has 5 heteroatoms. The third kappa shape index (κ3) is 3.28. The molecule has 19 heavy (non-hydrogen) atoms. The maximum Gasteiger partial charge on any atom is 0.338 e. The van der Waals surface area contributed by atoms with Gasteiger partial charge in [-0.1, -0.05) is 26.0 Å². The third-order valence-corrected chi connectivity index (χ3v) is 2.61. The van der Waals surface area contributed by atoms with E-state index in [4.69, 9.17) is 9.84 Å². The second kappa shape index (κ2) is 5.48. The molecule has 0 aliphatic carbocycles. The molecule has 1 heterocycles. The van der Waals surface area contributed by atoms with Gasteiger partial charge >= 0.3 is 12.0 Å². The number of rotatable bonds is 4. The van der Waals surface area contributed by atoms with Crippen LogP contribution in [0.2, 0.25) is 0 Å². The van der Waals surface area contributed by atoms with Crippen LogP contribution in [0.5, 0.6) is 11.8 Å². The van der Waals surface area contributed by atoms with E-state index < -0.39 is 5.97 Å². The molecule has 0 amide bonds. The standard InChI is InChI=1S/C14H14N2O3/c1-9(2)10-4-3-5-12(6-10)19-14-15-7-11(8-16-14)13(17)18/h3-9H,1-2H3,(H,17,18). The number of hydrogen-bond donors (Lipinski definition) is 1. The fraction of sp³-hybridized carbons (Fsp3) is 0.214. The topological polar surface area (TPSA) is 72.3 Å². The molecule has 2 rings (SSSR count). The lowest BCUT2D eigenvalue weighted by atomic mass is 10.0. The Bertz CT molecular complexity index is 579. The molecular weight excluding hydrogens is 244 g/mol. The van der Waals surface area contributed by atoms with Gasteiger partial charge in [0, 0.05) is 12.4 Å². The Morgan fingerprint density at radius 1 is 1.26 bits per heavy atom. The van der Waals surface area contributed by atoms with Crippen molar-refractivity contribution in [2.45, 2.75) is 19.8 Å². The van der Waals surface area contributed by atoms with E-state index >= 15 is 0 Å². The minimum absolute atomic E-state index is 0.0308. The largest absolute Gasteiger partial charge is 0.478 e. The molecular formula is C14H14N2O3. The van der Waals surface area contributed by atoms with E-state index in [0.29, 0.717) is 11.7 Å². The molecule has 5 nitrogen and oxygen atoms in total. The molecule has 0 aliphatic heterocycles. The Hall–Kier alpha value is -2.43. The third-order valence-electron chi connectivity index (χ3n) is 2.61. The van der Waals surface area contributed by atoms with Crippen LogP contribution in [0.1, 0.15) is 35.7 Å². The number of carboxylic acids is 1. The molecule has 0 spiro atoms. The van der Waals surface area contributed by atoms with Gasteiger partial charge in [-0.15, -0.1) is 0 Å². The lowest BCUT2D eigenvalue weighted by Gasteiger charge is -2.08. The molecule has 0 atom stereocenters. The van der Waals surface area contributed by atoms with Crippen molar-refractivity contribution in [2.24, 2.45) is 0 Å². The number of carbonyl (C=O) groups is 1. The highest BCUT2D eigenvalue weighted by Crippen LogP contribution is 2.23. The van der Waals surface area contributed by atoms with Crippen LogP contribution in [0.4, 0.5) is 0 Å². The Kier molecular flexibility index (Phi) is 3.75. The predicted molar refractivity (Wildman–Crippen MR) is 69.6 cm³/mol. The SMILES string of the molecule is CC(C)c1cccc(Oc2ncc(C(=O)O)cn2)c1. The number of ether oxygens (including phenoxy) is 1. The number of aromatic nitrogens is 2. The second-order valence-corrected chi connectivity index (χ2v) is 4.39. The molecule has 0 aliphatic rings. The Labute approximate surface area is 110 Å². The van der Waals surface area contributed by atoms with Gasteiger partial charge in [-0.3, -0.25) is 0 Å². The highest BCUT2D eigenvalue weighted by atomic mass is 16.5. The van der Waals surface area contributed by atoms with Crippen LogP contribution in [0.15, 0.2) is 36.7 Å². The number of carboxylic acid groups (broad SMARTS) is 1. The van der Waals surface area contributed by atoms with Gasteiger partial charge in [0.25, 0.3) is 0 Å². The van der Waals surface area contributed by atoms with Gasteiger partial charge in [-0.25, -0.2) is 14.8 Å². The van der Waals surface area contributed by atoms with Crippen molar-refractivity contribution in [1.82, 2.24) is 9.97 Å². The predicted octanol–water partition coefficient (Wildman–Crippen LogP) is 3.09. The highest BCUT2D eigenvalue weighted by molar-refractivity contribution is 5.86. The van der Waals surface area contributed by atoms with Gasteiger partial charge in [0.1, 0.15) is 5.75 Å². The first-order chi connectivity index (χ1) is 9.06. The number of hydrogen-bond acceptors (Lipinski definition) is 4. The first-order valence-corrected chi connectivity index (χ1v) is 5.89. The summed E-state index contributed by atoms with van der Waals surface area (Å²) in [5, 5.41) is 8.74. The van der Waals surface area contributed by atoms with Gasteiger partial charge in [0.05, 0.1) is 5.56 Å². The monoisotopic (exact) mass is 258 g/mol. The van der Waals surface area contributed by atoms with Crippen molar-refractivity contribution in [2.75, 3.05) is 0 Å². The van der Waals surface area contributed by atoms with E-state index in [1.807, 2.05) is 18.2 Å². The number of benzene rings is 1. The van der Waals surface area contributed by atoms with Crippen LogP contribution in [-0.4, -0.2) is 21.0 Å². The van der Waals surface area contributed by atoms with Gasteiger partial charge in [0.15, 0.2) is 0 Å². The quantitative estimate of drug-likeness (QED) is 0.912. The van der Waals surface area contributed by atoms with Crippen LogP contribution >= 0.6 is 0 Å². The summed E-state index contributed by atoms with van der Waals surface area (Å²) in [7, 11) is 0. The van der Waals surface area contributed by atoms with Crippen molar-refractivity contribution in [3.05, 3.63) is 47.8 Å². The zero-order valence-electron chi connectivity index (χ0n) is 10.7. The second-order valence-electron chi connectivity index (χ2n) is 4.39. The Balaban J connectivity index is 2.16. The van der Waals surface area contributed by atoms with Crippen LogP contribution in [-0.2, 0) is 0 Å². The van der Waals surface area contributed by atoms with E-state index in [1.165, 1.54) is 12.4 Å². The van der Waals surface area contributed by atoms with E-state index in [0.717, 1.165) is 5.56 Å². The average molecular weight is 258 g/mol. The molecule has 0 fully saturated rings. The summed E-state index contributed by atoms with van der Waals surface area (Å²) < 4.78 is 5.49. The number of nitrogens with zero attached hydrogens (tertiary/aromatic N) is 2. The van der Waals surface area contributed by atoms with Gasteiger partial charge in [0.2, 0.25) is 0 Å². The molecule has 1 aromatic carbocycles. The zero-order valence-corrected chi connectivity index (χ0v) is 10.7. The van der Waals surface area contributed by atoms with Gasteiger partial charge in [-0.2, -0.15) is 0 Å². The van der Waals surface area contributed by atoms with Crippen LogP contribution in [0, 0.1) is 0 Å². The zero-order chi connectivity index (χ0) is 13.8. The summed E-state index contributed by atoms with van der Waals surface area (Å²) in [6, 6.07) is 7.77. The maximum atomic E-state index is 10.7. The summed E-state index contributed by atoms with van der Waals surface area (Å²) in [5.41, 5.74) is 1.18. The Morgan fingerprint density at radius 2 is 1.95 bits per heavy atom. The summed E-state index contributed by atoms with van der Waals surface area (Å²) in [4.78, 5) is 18.4. The molecule has 0 bridgehead atoms. The maximum absolute atomic E-state index is 10.7. The molecule has 98 valence electrons. The first kappa shape index (κ1) is 13.0. The van der Waals surface area contributed by atoms with Gasteiger partial charge < -0.3 is 9.84 Å². The highest BCUT2D eigenvalue weighted by Gasteiger charge is 2.06. The molecule has 0 saturated heterocycles. The smallest absolute Gasteiger partial charge is 0.338 e. The van der Waals surface area contributed by atoms with Crippen molar-refractivity contribution >= 4 is 5.97 Å². The fourth-order valence-corrected chi connectivity index (χ4v) is 1.52. The minimum Gasteiger partial charge on any atom is -0.478 e. The lowest BCUT2D eigenvalue weighted by molar-refractivity contribution is 0.0696. The van der Waals surface area contributed by atoms with E-state index in [1.54, 1.807) is 6.07 Å². The van der Waals surface area contributed by atoms with Crippen molar-refractivity contribution < 1.29 is 14.6 Å². The summed E-state index contributed by atoms with van der Waals surface area (Å²) in [6.07, 6.45) is 2.44. The first-order valence-electron chi connectivity index (χ1n) is 5.89. The fourth-order valence-electron chi connectivity index (χ4n) is 1.52. The summed E-state index contributed by atoms with van der Waals surface area (Å²) in [5.74, 6) is -0.0264. The molecule has 0 saturated carbocycles. The average Bonchev–Trinajstić information content (AvgIpc) is 2.39. The van der Waals surface area contributed by atoms with Crippen LogP contribution in [0.25, 0.3) is 0 Å². The van der Waals surface area contributed by atoms with Crippen molar-refractivity contribution in [1.29, 1.82) is 0 Å². The van der Waals surface area contributed by atoms with Gasteiger partial charge in [-0.05, 0) is 23.6 Å².